The lowest BCUT2D eigenvalue weighted by Crippen LogP contribution is -2.34. The molecule has 1 atom stereocenters. The minimum Gasteiger partial charge on any atom is -0.348 e. The Labute approximate surface area is 116 Å². The highest BCUT2D eigenvalue weighted by Crippen LogP contribution is 2.09. The molecule has 0 aromatic carbocycles. The Bertz CT molecular complexity index is 546. The van der Waals surface area contributed by atoms with Crippen molar-refractivity contribution in [2.45, 2.75) is 33.2 Å². The van der Waals surface area contributed by atoms with Crippen LogP contribution in [-0.4, -0.2) is 21.9 Å². The highest BCUT2D eigenvalue weighted by molar-refractivity contribution is 7.07. The zero-order valence-corrected chi connectivity index (χ0v) is 12.1. The fourth-order valence-electron chi connectivity index (χ4n) is 1.94. The number of amides is 1. The number of nitrogens with zero attached hydrogens (tertiary/aromatic N) is 2. The van der Waals surface area contributed by atoms with E-state index in [1.54, 1.807) is 24.3 Å². The van der Waals surface area contributed by atoms with E-state index in [2.05, 4.69) is 26.7 Å². The van der Waals surface area contributed by atoms with Gasteiger partial charge in [-0.1, -0.05) is 0 Å². The van der Waals surface area contributed by atoms with Crippen LogP contribution in [0.25, 0.3) is 0 Å². The molecule has 0 aliphatic heterocycles. The molecule has 100 valence electrons. The molecule has 2 rings (SSSR count). The summed E-state index contributed by atoms with van der Waals surface area (Å²) in [6.45, 7) is 5.65. The minimum atomic E-state index is -0.142. The number of hydrogen-bond acceptors (Lipinski definition) is 4. The quantitative estimate of drug-likeness (QED) is 0.932. The Kier molecular flexibility index (Phi) is 4.27. The second-order valence-corrected chi connectivity index (χ2v) is 5.43. The molecule has 0 aliphatic carbocycles. The molecule has 5 heteroatoms. The van der Waals surface area contributed by atoms with Crippen LogP contribution in [0.3, 0.4) is 0 Å². The Morgan fingerprint density at radius 2 is 2.21 bits per heavy atom. The van der Waals surface area contributed by atoms with Crippen LogP contribution in [0.1, 0.15) is 34.5 Å². The molecule has 2 aromatic rings. The maximum absolute atomic E-state index is 12.1. The lowest BCUT2D eigenvalue weighted by atomic mass is 10.1. The monoisotopic (exact) mass is 275 g/mol. The fraction of sp³-hybridized carbons (Fsp3) is 0.357. The van der Waals surface area contributed by atoms with Crippen molar-refractivity contribution in [3.63, 3.8) is 0 Å². The van der Waals surface area contributed by atoms with E-state index in [-0.39, 0.29) is 11.9 Å². The first-order valence-corrected chi connectivity index (χ1v) is 7.13. The van der Waals surface area contributed by atoms with Crippen LogP contribution in [-0.2, 0) is 6.42 Å². The predicted octanol–water partition coefficient (Wildman–Crippen LogP) is 2.52. The van der Waals surface area contributed by atoms with Gasteiger partial charge in [-0.15, -0.1) is 0 Å². The van der Waals surface area contributed by atoms with E-state index in [0.29, 0.717) is 11.5 Å². The van der Waals surface area contributed by atoms with Gasteiger partial charge in [0.05, 0.1) is 0 Å². The normalized spacial score (nSPS) is 12.2. The average Bonchev–Trinajstić information content (AvgIpc) is 2.80. The molecule has 0 fully saturated rings. The molecular weight excluding hydrogens is 258 g/mol. The van der Waals surface area contributed by atoms with E-state index < -0.39 is 0 Å². The van der Waals surface area contributed by atoms with Crippen LogP contribution in [0.5, 0.6) is 0 Å². The molecule has 0 aliphatic rings. The van der Waals surface area contributed by atoms with Crippen LogP contribution < -0.4 is 5.32 Å². The summed E-state index contributed by atoms with van der Waals surface area (Å²) in [6.07, 6.45) is 0.832. The molecule has 0 saturated carbocycles. The van der Waals surface area contributed by atoms with Crippen LogP contribution in [0.2, 0.25) is 0 Å². The number of hydrogen-bond donors (Lipinski definition) is 1. The summed E-state index contributed by atoms with van der Waals surface area (Å²) in [5, 5.41) is 7.11. The summed E-state index contributed by atoms with van der Waals surface area (Å²) in [7, 11) is 0. The summed E-state index contributed by atoms with van der Waals surface area (Å²) in [6, 6.07) is 3.86. The molecule has 0 radical (unpaired) electrons. The van der Waals surface area contributed by atoms with E-state index >= 15 is 0 Å². The predicted molar refractivity (Wildman–Crippen MR) is 76.5 cm³/mol. The van der Waals surface area contributed by atoms with Crippen molar-refractivity contribution in [3.05, 3.63) is 45.7 Å². The van der Waals surface area contributed by atoms with Gasteiger partial charge in [0.15, 0.2) is 0 Å². The van der Waals surface area contributed by atoms with Crippen molar-refractivity contribution in [2.75, 3.05) is 0 Å². The van der Waals surface area contributed by atoms with Gasteiger partial charge in [-0.25, -0.2) is 9.97 Å². The fourth-order valence-corrected chi connectivity index (χ4v) is 2.63. The topological polar surface area (TPSA) is 54.9 Å². The Morgan fingerprint density at radius 1 is 1.42 bits per heavy atom. The van der Waals surface area contributed by atoms with Gasteiger partial charge in [0, 0.05) is 11.7 Å². The van der Waals surface area contributed by atoms with Gasteiger partial charge in [0.25, 0.3) is 5.91 Å². The Morgan fingerprint density at radius 3 is 2.84 bits per heavy atom. The summed E-state index contributed by atoms with van der Waals surface area (Å²) >= 11 is 1.67. The number of nitrogens with one attached hydrogen (secondary N) is 1. The summed E-state index contributed by atoms with van der Waals surface area (Å²) in [4.78, 5) is 20.4. The molecule has 2 aromatic heterocycles. The summed E-state index contributed by atoms with van der Waals surface area (Å²) in [5.74, 6) is 0.479. The number of aryl methyl sites for hydroxylation is 2. The van der Waals surface area contributed by atoms with Crippen molar-refractivity contribution in [1.29, 1.82) is 0 Å². The lowest BCUT2D eigenvalue weighted by Gasteiger charge is -2.13. The smallest absolute Gasteiger partial charge is 0.270 e. The molecule has 1 amide bonds. The van der Waals surface area contributed by atoms with E-state index in [1.165, 1.54) is 5.56 Å². The number of rotatable bonds is 4. The standard InChI is InChI=1S/C14H17N3OS/c1-9(6-12-4-5-19-8-12)16-14(18)13-7-10(2)15-11(3)17-13/h4-5,7-9H,6H2,1-3H3,(H,16,18). The molecule has 0 spiro atoms. The van der Waals surface area contributed by atoms with Gasteiger partial charge in [-0.3, -0.25) is 4.79 Å². The number of carbonyl (C=O) groups excluding carboxylic acids is 1. The highest BCUT2D eigenvalue weighted by atomic mass is 32.1. The zero-order valence-electron chi connectivity index (χ0n) is 11.3. The third-order valence-corrected chi connectivity index (χ3v) is 3.43. The molecule has 0 bridgehead atoms. The third-order valence-electron chi connectivity index (χ3n) is 2.70. The molecule has 4 nitrogen and oxygen atoms in total. The number of thiophene rings is 1. The van der Waals surface area contributed by atoms with E-state index in [0.717, 1.165) is 12.1 Å². The van der Waals surface area contributed by atoms with Crippen LogP contribution in [0.4, 0.5) is 0 Å². The van der Waals surface area contributed by atoms with Crippen molar-refractivity contribution < 1.29 is 4.79 Å². The van der Waals surface area contributed by atoms with Gasteiger partial charge in [0.1, 0.15) is 11.5 Å². The molecule has 0 saturated heterocycles. The molecule has 1 unspecified atom stereocenters. The van der Waals surface area contributed by atoms with Crippen molar-refractivity contribution in [1.82, 2.24) is 15.3 Å². The van der Waals surface area contributed by atoms with Crippen molar-refractivity contribution in [3.8, 4) is 0 Å². The largest absolute Gasteiger partial charge is 0.348 e. The van der Waals surface area contributed by atoms with E-state index in [1.807, 2.05) is 19.2 Å². The molecular formula is C14H17N3OS. The maximum Gasteiger partial charge on any atom is 0.270 e. The van der Waals surface area contributed by atoms with Crippen molar-refractivity contribution >= 4 is 17.2 Å². The van der Waals surface area contributed by atoms with Gasteiger partial charge in [0.2, 0.25) is 0 Å². The first-order chi connectivity index (χ1) is 9.04. The minimum absolute atomic E-state index is 0.0812. The lowest BCUT2D eigenvalue weighted by molar-refractivity contribution is 0.0934. The Hall–Kier alpha value is -1.75. The first kappa shape index (κ1) is 13.7. The number of aromatic nitrogens is 2. The van der Waals surface area contributed by atoms with Gasteiger partial charge >= 0.3 is 0 Å². The maximum atomic E-state index is 12.1. The summed E-state index contributed by atoms with van der Waals surface area (Å²) < 4.78 is 0. The average molecular weight is 275 g/mol. The Balaban J connectivity index is 2.00. The molecule has 19 heavy (non-hydrogen) atoms. The van der Waals surface area contributed by atoms with Crippen LogP contribution in [0.15, 0.2) is 22.9 Å². The third kappa shape index (κ3) is 3.86. The van der Waals surface area contributed by atoms with Crippen molar-refractivity contribution in [2.24, 2.45) is 0 Å². The van der Waals surface area contributed by atoms with Crippen LogP contribution in [0, 0.1) is 13.8 Å². The zero-order chi connectivity index (χ0) is 13.8. The first-order valence-electron chi connectivity index (χ1n) is 6.19. The van der Waals surface area contributed by atoms with E-state index in [9.17, 15) is 4.79 Å². The van der Waals surface area contributed by atoms with Gasteiger partial charge in [-0.2, -0.15) is 11.3 Å². The van der Waals surface area contributed by atoms with Crippen LogP contribution >= 0.6 is 11.3 Å². The molecule has 2 heterocycles. The second-order valence-electron chi connectivity index (χ2n) is 4.65. The highest BCUT2D eigenvalue weighted by Gasteiger charge is 2.12. The summed E-state index contributed by atoms with van der Waals surface area (Å²) in [5.41, 5.74) is 2.48. The second kappa shape index (κ2) is 5.93. The van der Waals surface area contributed by atoms with Gasteiger partial charge in [-0.05, 0) is 55.6 Å². The SMILES string of the molecule is Cc1cc(C(=O)NC(C)Cc2ccsc2)nc(C)n1. The molecule has 1 N–H and O–H groups in total. The van der Waals surface area contributed by atoms with E-state index in [4.69, 9.17) is 0 Å². The van der Waals surface area contributed by atoms with Gasteiger partial charge < -0.3 is 5.32 Å². The number of carbonyl (C=O) groups is 1.